The van der Waals surface area contributed by atoms with Gasteiger partial charge in [0.25, 0.3) is 5.79 Å². The van der Waals surface area contributed by atoms with E-state index in [1.807, 2.05) is 0 Å². The number of cyclic esters (lactones) is 3. The molecule has 0 radical (unpaired) electrons. The first kappa shape index (κ1) is 18.7. The maximum Gasteiger partial charge on any atom is 0.351 e. The van der Waals surface area contributed by atoms with E-state index >= 15 is 0 Å². The Bertz CT molecular complexity index is 1050. The van der Waals surface area contributed by atoms with Crippen LogP contribution in [0, 0.1) is 0 Å². The number of rotatable bonds is 1. The summed E-state index contributed by atoms with van der Waals surface area (Å²) in [5.41, 5.74) is -0.235. The average Bonchev–Trinajstić information content (AvgIpc) is 2.91. The zero-order chi connectivity index (χ0) is 21.1. The predicted molar refractivity (Wildman–Crippen MR) is 94.4 cm³/mol. The second kappa shape index (κ2) is 5.94. The zero-order valence-electron chi connectivity index (χ0n) is 16.0. The van der Waals surface area contributed by atoms with Crippen molar-refractivity contribution in [3.63, 3.8) is 0 Å². The number of benzene rings is 1. The summed E-state index contributed by atoms with van der Waals surface area (Å²) in [7, 11) is 0. The van der Waals surface area contributed by atoms with Crippen LogP contribution in [0.2, 0.25) is 0 Å². The van der Waals surface area contributed by atoms with E-state index in [0.29, 0.717) is 11.1 Å². The van der Waals surface area contributed by atoms with Crippen molar-refractivity contribution in [2.45, 2.75) is 39.3 Å². The minimum Gasteiger partial charge on any atom is -0.575 e. The van der Waals surface area contributed by atoms with Crippen molar-refractivity contribution in [2.24, 2.45) is 4.99 Å². The van der Waals surface area contributed by atoms with E-state index in [0.717, 1.165) is 0 Å². The summed E-state index contributed by atoms with van der Waals surface area (Å²) in [5.74, 6) is -6.50. The van der Waals surface area contributed by atoms with Crippen LogP contribution in [0.5, 0.6) is 0 Å². The molecule has 0 N–H and O–H groups in total. The van der Waals surface area contributed by atoms with Crippen LogP contribution in [0.3, 0.4) is 0 Å². The van der Waals surface area contributed by atoms with Gasteiger partial charge in [0, 0.05) is 25.0 Å². The highest BCUT2D eigenvalue weighted by atomic mass is 16.8. The molecule has 9 nitrogen and oxygen atoms in total. The lowest BCUT2D eigenvalue weighted by Crippen LogP contribution is -2.42. The van der Waals surface area contributed by atoms with Crippen LogP contribution < -0.4 is 5.11 Å². The standard InChI is InChI=1S/C20H17NO8/c1-19(2)26-15(22)11(16(23)27-19)13-9-7-5-6-8-10(9)14(21-13)12-17(24)28-20(3,4)29-18(12)25/h5-8,22H,1-4H3/p-1. The highest BCUT2D eigenvalue weighted by molar-refractivity contribution is 6.33. The summed E-state index contributed by atoms with van der Waals surface area (Å²) in [6.07, 6.45) is 0. The molecule has 1 saturated heterocycles. The molecule has 0 saturated carbocycles. The number of ether oxygens (including phenoxy) is 4. The largest absolute Gasteiger partial charge is 0.575 e. The van der Waals surface area contributed by atoms with E-state index in [2.05, 4.69) is 4.99 Å². The Morgan fingerprint density at radius 2 is 1.24 bits per heavy atom. The normalized spacial score (nSPS) is 22.3. The number of carbonyl (C=O) groups is 3. The van der Waals surface area contributed by atoms with Gasteiger partial charge in [0.15, 0.2) is 11.4 Å². The zero-order valence-corrected chi connectivity index (χ0v) is 16.0. The van der Waals surface area contributed by atoms with Gasteiger partial charge < -0.3 is 24.1 Å². The van der Waals surface area contributed by atoms with Gasteiger partial charge in [-0.2, -0.15) is 0 Å². The summed E-state index contributed by atoms with van der Waals surface area (Å²) in [6.45, 7) is 5.70. The van der Waals surface area contributed by atoms with Gasteiger partial charge in [-0.05, 0) is 13.8 Å². The highest BCUT2D eigenvalue weighted by Gasteiger charge is 2.43. The van der Waals surface area contributed by atoms with Crippen LogP contribution in [0.25, 0.3) is 5.70 Å². The molecule has 4 rings (SSSR count). The molecule has 9 heteroatoms. The molecule has 150 valence electrons. The van der Waals surface area contributed by atoms with Crippen molar-refractivity contribution in [1.82, 2.24) is 0 Å². The molecule has 3 heterocycles. The van der Waals surface area contributed by atoms with Gasteiger partial charge in [-0.25, -0.2) is 19.4 Å². The number of nitrogens with zero attached hydrogens (tertiary/aromatic N) is 1. The van der Waals surface area contributed by atoms with Crippen molar-refractivity contribution >= 4 is 29.3 Å². The molecule has 0 atom stereocenters. The second-order valence-corrected chi connectivity index (χ2v) is 7.46. The van der Waals surface area contributed by atoms with E-state index < -0.39 is 46.6 Å². The first-order valence-corrected chi connectivity index (χ1v) is 8.72. The van der Waals surface area contributed by atoms with Gasteiger partial charge in [0.1, 0.15) is 5.57 Å². The molecule has 0 aromatic heterocycles. The molecule has 0 aliphatic carbocycles. The van der Waals surface area contributed by atoms with E-state index in [1.54, 1.807) is 24.3 Å². The molecule has 3 aliphatic rings. The third-order valence-electron chi connectivity index (χ3n) is 4.30. The Morgan fingerprint density at radius 1 is 0.759 bits per heavy atom. The first-order valence-electron chi connectivity index (χ1n) is 8.72. The fraction of sp³-hybridized carbons (Fsp3) is 0.300. The number of carbonyl (C=O) groups excluding carboxylic acids is 3. The maximum atomic E-state index is 12.5. The van der Waals surface area contributed by atoms with Crippen LogP contribution in [0.1, 0.15) is 38.8 Å². The number of fused-ring (bicyclic) bond motifs is 1. The molecular weight excluding hydrogens is 382 g/mol. The Hall–Kier alpha value is -3.62. The quantitative estimate of drug-likeness (QED) is 0.389. The fourth-order valence-corrected chi connectivity index (χ4v) is 3.20. The Labute approximate surface area is 165 Å². The van der Waals surface area contributed by atoms with Gasteiger partial charge in [0.05, 0.1) is 17.4 Å². The Kier molecular flexibility index (Phi) is 3.83. The monoisotopic (exact) mass is 398 g/mol. The SMILES string of the molecule is CC1(C)OC(=O)C(=C2N=C(C3=C([O-])OC(C)(C)OC3=O)c3ccccc32)C(=O)O1. The van der Waals surface area contributed by atoms with Crippen LogP contribution >= 0.6 is 0 Å². The van der Waals surface area contributed by atoms with Crippen LogP contribution in [0.15, 0.2) is 46.3 Å². The summed E-state index contributed by atoms with van der Waals surface area (Å²) in [4.78, 5) is 41.7. The minimum atomic E-state index is -1.42. The van der Waals surface area contributed by atoms with E-state index in [4.69, 9.17) is 18.9 Å². The topological polar surface area (TPSA) is 124 Å². The predicted octanol–water partition coefficient (Wildman–Crippen LogP) is 0.918. The van der Waals surface area contributed by atoms with Crippen LogP contribution in [0.4, 0.5) is 0 Å². The second-order valence-electron chi connectivity index (χ2n) is 7.46. The van der Waals surface area contributed by atoms with Crippen molar-refractivity contribution < 1.29 is 38.4 Å². The van der Waals surface area contributed by atoms with Gasteiger partial charge in [0.2, 0.25) is 0 Å². The molecule has 3 aliphatic heterocycles. The lowest BCUT2D eigenvalue weighted by Gasteiger charge is -2.39. The summed E-state index contributed by atoms with van der Waals surface area (Å²) >= 11 is 0. The van der Waals surface area contributed by atoms with Gasteiger partial charge in [-0.15, -0.1) is 0 Å². The van der Waals surface area contributed by atoms with Crippen LogP contribution in [-0.2, 0) is 33.3 Å². The summed E-state index contributed by atoms with van der Waals surface area (Å²) in [6, 6.07) is 6.51. The van der Waals surface area contributed by atoms with Crippen molar-refractivity contribution in [3.05, 3.63) is 52.5 Å². The van der Waals surface area contributed by atoms with Crippen molar-refractivity contribution in [1.29, 1.82) is 0 Å². The van der Waals surface area contributed by atoms with E-state index in [9.17, 15) is 19.5 Å². The number of hydrogen-bond acceptors (Lipinski definition) is 9. The highest BCUT2D eigenvalue weighted by Crippen LogP contribution is 2.38. The molecule has 1 aromatic rings. The van der Waals surface area contributed by atoms with Gasteiger partial charge in [-0.3, -0.25) is 0 Å². The smallest absolute Gasteiger partial charge is 0.351 e. The maximum absolute atomic E-state index is 12.5. The minimum absolute atomic E-state index is 0.0565. The lowest BCUT2D eigenvalue weighted by atomic mass is 9.97. The number of esters is 3. The fourth-order valence-electron chi connectivity index (χ4n) is 3.20. The third-order valence-corrected chi connectivity index (χ3v) is 4.30. The lowest BCUT2D eigenvalue weighted by molar-refractivity contribution is -0.393. The average molecular weight is 398 g/mol. The van der Waals surface area contributed by atoms with E-state index in [1.165, 1.54) is 27.7 Å². The van der Waals surface area contributed by atoms with Gasteiger partial charge in [-0.1, -0.05) is 24.3 Å². The van der Waals surface area contributed by atoms with Crippen molar-refractivity contribution in [2.75, 3.05) is 0 Å². The first-order chi connectivity index (χ1) is 13.5. The molecule has 1 fully saturated rings. The molecule has 0 bridgehead atoms. The Morgan fingerprint density at radius 3 is 1.79 bits per heavy atom. The molecule has 1 aromatic carbocycles. The molecule has 0 amide bonds. The molecule has 0 spiro atoms. The van der Waals surface area contributed by atoms with Gasteiger partial charge >= 0.3 is 17.9 Å². The summed E-state index contributed by atoms with van der Waals surface area (Å²) < 4.78 is 20.5. The third kappa shape index (κ3) is 3.04. The number of aliphatic imine (C=N–C) groups is 1. The van der Waals surface area contributed by atoms with Crippen molar-refractivity contribution in [3.8, 4) is 0 Å². The van der Waals surface area contributed by atoms with E-state index in [-0.39, 0.29) is 11.4 Å². The summed E-state index contributed by atoms with van der Waals surface area (Å²) in [5, 5.41) is 12.5. The molecular formula is C20H16NO8-. The van der Waals surface area contributed by atoms with Crippen LogP contribution in [-0.4, -0.2) is 35.2 Å². The Balaban J connectivity index is 1.92. The molecule has 29 heavy (non-hydrogen) atoms. The number of hydrogen-bond donors (Lipinski definition) is 0. The molecule has 0 unspecified atom stereocenters.